The third-order valence-corrected chi connectivity index (χ3v) is 2.71. The van der Waals surface area contributed by atoms with Crippen LogP contribution in [0.1, 0.15) is 5.82 Å². The van der Waals surface area contributed by atoms with E-state index in [1.54, 1.807) is 24.3 Å². The molecule has 7 nitrogen and oxygen atoms in total. The second-order valence-electron chi connectivity index (χ2n) is 3.25. The van der Waals surface area contributed by atoms with Crippen LogP contribution < -0.4 is 10.6 Å². The van der Waals surface area contributed by atoms with Crippen LogP contribution in [0.3, 0.4) is 0 Å². The van der Waals surface area contributed by atoms with Crippen LogP contribution in [0, 0.1) is 0 Å². The molecule has 0 unspecified atom stereocenters. The molecule has 9 heteroatoms. The number of oxime groups is 1. The lowest BCUT2D eigenvalue weighted by Gasteiger charge is -1.99. The zero-order chi connectivity index (χ0) is 13.8. The Hall–Kier alpha value is -2.19. The first kappa shape index (κ1) is 13.2. The van der Waals surface area contributed by atoms with Gasteiger partial charge in [-0.25, -0.2) is 4.79 Å². The summed E-state index contributed by atoms with van der Waals surface area (Å²) in [5.74, 6) is -1.07. The molecule has 0 aliphatic heterocycles. The van der Waals surface area contributed by atoms with E-state index < -0.39 is 11.7 Å². The van der Waals surface area contributed by atoms with Gasteiger partial charge in [-0.05, 0) is 24.3 Å². The average molecular weight is 299 g/mol. The van der Waals surface area contributed by atoms with Gasteiger partial charge in [0.2, 0.25) is 11.5 Å². The third-order valence-electron chi connectivity index (χ3n) is 1.91. The fraction of sp³-hybridized carbons (Fsp3) is 0. The lowest BCUT2D eigenvalue weighted by atomic mass is 10.3. The van der Waals surface area contributed by atoms with E-state index in [1.807, 2.05) is 0 Å². The van der Waals surface area contributed by atoms with Gasteiger partial charge >= 0.3 is 5.97 Å². The number of nitrogens with zero attached hydrogens (tertiary/aromatic N) is 3. The van der Waals surface area contributed by atoms with Crippen LogP contribution in [-0.4, -0.2) is 26.1 Å². The molecule has 1 aromatic carbocycles. The topological polar surface area (TPSA) is 111 Å². The van der Waals surface area contributed by atoms with Gasteiger partial charge in [0, 0.05) is 16.6 Å². The first-order chi connectivity index (χ1) is 9.06. The van der Waals surface area contributed by atoms with Gasteiger partial charge in [-0.15, -0.1) is 0 Å². The molecule has 0 atom stereocenters. The fourth-order valence-electron chi connectivity index (χ4n) is 1.10. The Bertz CT molecular complexity index is 626. The number of rotatable bonds is 4. The van der Waals surface area contributed by atoms with Crippen LogP contribution in [0.25, 0.3) is 0 Å². The molecule has 1 aromatic heterocycles. The van der Waals surface area contributed by atoms with Crippen molar-refractivity contribution in [2.75, 3.05) is 5.73 Å². The minimum Gasteiger partial charge on any atom is -0.476 e. The van der Waals surface area contributed by atoms with Crippen molar-refractivity contribution in [3.05, 3.63) is 35.1 Å². The number of carboxylic acids is 1. The summed E-state index contributed by atoms with van der Waals surface area (Å²) < 4.78 is 3.76. The predicted octanol–water partition coefficient (Wildman–Crippen LogP) is 1.64. The summed E-state index contributed by atoms with van der Waals surface area (Å²) in [7, 11) is 0. The number of nitrogen functional groups attached to an aromatic ring is 1. The maximum atomic E-state index is 11.0. The van der Waals surface area contributed by atoms with Crippen molar-refractivity contribution in [3.63, 3.8) is 0 Å². The number of aliphatic carboxylic acids is 1. The number of carbonyl (C=O) groups is 1. The van der Waals surface area contributed by atoms with Crippen LogP contribution >= 0.6 is 23.1 Å². The Labute approximate surface area is 116 Å². The van der Waals surface area contributed by atoms with Crippen LogP contribution in [-0.2, 0) is 4.79 Å². The molecule has 2 aromatic rings. The Kier molecular flexibility index (Phi) is 3.93. The van der Waals surface area contributed by atoms with E-state index in [1.165, 1.54) is 0 Å². The predicted molar refractivity (Wildman–Crippen MR) is 70.6 cm³/mol. The van der Waals surface area contributed by atoms with E-state index in [2.05, 4.69) is 14.5 Å². The Morgan fingerprint density at radius 2 is 2.11 bits per heavy atom. The Morgan fingerprint density at radius 3 is 2.63 bits per heavy atom. The van der Waals surface area contributed by atoms with Crippen LogP contribution in [0.15, 0.2) is 29.4 Å². The van der Waals surface area contributed by atoms with Gasteiger partial charge in [0.1, 0.15) is 0 Å². The molecule has 19 heavy (non-hydrogen) atoms. The lowest BCUT2D eigenvalue weighted by molar-refractivity contribution is -0.129. The number of anilines is 1. The summed E-state index contributed by atoms with van der Waals surface area (Å²) in [6, 6.07) is 6.28. The van der Waals surface area contributed by atoms with Crippen LogP contribution in [0.5, 0.6) is 5.75 Å². The fourth-order valence-corrected chi connectivity index (χ4v) is 1.66. The second-order valence-corrected chi connectivity index (χ2v) is 4.47. The highest BCUT2D eigenvalue weighted by atomic mass is 35.5. The van der Waals surface area contributed by atoms with E-state index in [0.717, 1.165) is 11.5 Å². The van der Waals surface area contributed by atoms with E-state index in [9.17, 15) is 4.79 Å². The molecular formula is C10H7ClN4O3S. The van der Waals surface area contributed by atoms with Crippen molar-refractivity contribution in [1.29, 1.82) is 0 Å². The zero-order valence-corrected chi connectivity index (χ0v) is 10.9. The lowest BCUT2D eigenvalue weighted by Crippen LogP contribution is -2.17. The molecule has 98 valence electrons. The summed E-state index contributed by atoms with van der Waals surface area (Å²) >= 11 is 6.58. The number of nitrogens with two attached hydrogens (primary N) is 1. The maximum Gasteiger partial charge on any atom is 0.362 e. The molecule has 0 amide bonds. The monoisotopic (exact) mass is 298 g/mol. The summed E-state index contributed by atoms with van der Waals surface area (Å²) in [6.45, 7) is 0. The van der Waals surface area contributed by atoms with Gasteiger partial charge in [0.25, 0.3) is 0 Å². The van der Waals surface area contributed by atoms with E-state index in [-0.39, 0.29) is 11.0 Å². The largest absolute Gasteiger partial charge is 0.476 e. The first-order valence-corrected chi connectivity index (χ1v) is 6.05. The molecule has 0 aliphatic carbocycles. The van der Waals surface area contributed by atoms with Crippen molar-refractivity contribution in [2.45, 2.75) is 0 Å². The van der Waals surface area contributed by atoms with Gasteiger partial charge in [-0.3, -0.25) is 0 Å². The molecule has 0 spiro atoms. The molecule has 0 aliphatic rings. The van der Waals surface area contributed by atoms with E-state index in [0.29, 0.717) is 10.8 Å². The van der Waals surface area contributed by atoms with Crippen LogP contribution in [0.4, 0.5) is 5.13 Å². The Morgan fingerprint density at radius 1 is 1.42 bits per heavy atom. The van der Waals surface area contributed by atoms with Gasteiger partial charge in [-0.2, -0.15) is 9.36 Å². The number of hydrogen-bond donors (Lipinski definition) is 2. The van der Waals surface area contributed by atoms with E-state index in [4.69, 9.17) is 27.3 Å². The standard InChI is InChI=1S/C10H7ClN4O3S/c11-5-1-3-6(4-2-5)18-14-7(9(16)17)8-13-10(12)19-15-8/h1-4H,(H,16,17)(H2,12,13,15)/b14-7-. The van der Waals surface area contributed by atoms with E-state index >= 15 is 0 Å². The summed E-state index contributed by atoms with van der Waals surface area (Å²) in [4.78, 5) is 19.7. The number of benzene rings is 1. The highest BCUT2D eigenvalue weighted by Gasteiger charge is 2.19. The summed E-state index contributed by atoms with van der Waals surface area (Å²) in [6.07, 6.45) is 0. The molecule has 3 N–H and O–H groups in total. The number of hydrogen-bond acceptors (Lipinski definition) is 7. The molecule has 0 bridgehead atoms. The molecule has 0 radical (unpaired) electrons. The highest BCUT2D eigenvalue weighted by Crippen LogP contribution is 2.16. The van der Waals surface area contributed by atoms with Gasteiger partial charge in [0.05, 0.1) is 0 Å². The second kappa shape index (κ2) is 5.63. The molecular weight excluding hydrogens is 292 g/mol. The normalized spacial score (nSPS) is 11.3. The average Bonchev–Trinajstić information content (AvgIpc) is 2.78. The van der Waals surface area contributed by atoms with Crippen molar-refractivity contribution < 1.29 is 14.7 Å². The molecule has 1 heterocycles. The molecule has 0 fully saturated rings. The van der Waals surface area contributed by atoms with Crippen molar-refractivity contribution in [1.82, 2.24) is 9.36 Å². The molecule has 0 saturated carbocycles. The summed E-state index contributed by atoms with van der Waals surface area (Å²) in [5.41, 5.74) is 4.95. The molecule has 2 rings (SSSR count). The molecule has 0 saturated heterocycles. The number of halogens is 1. The van der Waals surface area contributed by atoms with Gasteiger partial charge in [-0.1, -0.05) is 16.8 Å². The smallest absolute Gasteiger partial charge is 0.362 e. The number of aromatic nitrogens is 2. The third kappa shape index (κ3) is 3.39. The van der Waals surface area contributed by atoms with Crippen molar-refractivity contribution >= 4 is 39.9 Å². The zero-order valence-electron chi connectivity index (χ0n) is 9.28. The SMILES string of the molecule is Nc1nc(/C(=N/Oc2ccc(Cl)cc2)C(=O)O)ns1. The van der Waals surface area contributed by atoms with Gasteiger partial charge < -0.3 is 15.7 Å². The number of carboxylic acid groups (broad SMARTS) is 1. The summed E-state index contributed by atoms with van der Waals surface area (Å²) in [5, 5.41) is 13.2. The van der Waals surface area contributed by atoms with Crippen LogP contribution in [0.2, 0.25) is 5.02 Å². The quantitative estimate of drug-likeness (QED) is 0.655. The first-order valence-electron chi connectivity index (χ1n) is 4.89. The van der Waals surface area contributed by atoms with Crippen molar-refractivity contribution in [3.8, 4) is 5.75 Å². The van der Waals surface area contributed by atoms with Gasteiger partial charge in [0.15, 0.2) is 10.9 Å². The minimum absolute atomic E-state index is 0.0936. The van der Waals surface area contributed by atoms with Crippen molar-refractivity contribution in [2.24, 2.45) is 5.16 Å². The minimum atomic E-state index is -1.31. The highest BCUT2D eigenvalue weighted by molar-refractivity contribution is 7.09. The Balaban J connectivity index is 2.22. The maximum absolute atomic E-state index is 11.0.